The van der Waals surface area contributed by atoms with Gasteiger partial charge in [0.15, 0.2) is 0 Å². The lowest BCUT2D eigenvalue weighted by atomic mass is 9.85. The van der Waals surface area contributed by atoms with Gasteiger partial charge in [-0.25, -0.2) is 0 Å². The molecule has 5 heteroatoms. The molecule has 0 aromatic heterocycles. The van der Waals surface area contributed by atoms with Gasteiger partial charge in [-0.05, 0) is 43.4 Å². The first kappa shape index (κ1) is 14.2. The van der Waals surface area contributed by atoms with Crippen LogP contribution in [0.1, 0.15) is 43.2 Å². The Morgan fingerprint density at radius 1 is 1.14 bits per heavy atom. The van der Waals surface area contributed by atoms with Gasteiger partial charge in [-0.1, -0.05) is 12.8 Å². The Morgan fingerprint density at radius 3 is 2.62 bits per heavy atom. The van der Waals surface area contributed by atoms with E-state index in [0.29, 0.717) is 12.0 Å². The second-order valence-electron chi connectivity index (χ2n) is 5.93. The van der Waals surface area contributed by atoms with Crippen molar-refractivity contribution in [2.24, 2.45) is 5.92 Å². The topological polar surface area (TPSA) is 27.0 Å². The van der Waals surface area contributed by atoms with Crippen molar-refractivity contribution in [3.8, 4) is 6.07 Å². The van der Waals surface area contributed by atoms with Gasteiger partial charge < -0.3 is 4.90 Å². The van der Waals surface area contributed by atoms with Crippen LogP contribution in [0, 0.1) is 17.2 Å². The molecule has 1 heterocycles. The van der Waals surface area contributed by atoms with Crippen LogP contribution < -0.4 is 4.90 Å². The Labute approximate surface area is 122 Å². The van der Waals surface area contributed by atoms with Crippen LogP contribution >= 0.6 is 0 Å². The molecule has 3 rings (SSSR count). The lowest BCUT2D eigenvalue weighted by Gasteiger charge is -2.33. The van der Waals surface area contributed by atoms with E-state index in [9.17, 15) is 13.2 Å². The standard InChI is InChI=1S/C16H17F3N2/c17-16(18,19)14-6-5-13(9-12(14)10-20)21-8-7-11-3-1-2-4-15(11)21/h5-6,9,11,15H,1-4,7-8H2. The molecule has 1 aromatic carbocycles. The fourth-order valence-electron chi connectivity index (χ4n) is 3.78. The summed E-state index contributed by atoms with van der Waals surface area (Å²) >= 11 is 0. The largest absolute Gasteiger partial charge is 0.417 e. The molecule has 21 heavy (non-hydrogen) atoms. The molecule has 1 aromatic rings. The highest BCUT2D eigenvalue weighted by molar-refractivity contribution is 5.56. The third-order valence-electron chi connectivity index (χ3n) is 4.77. The minimum Gasteiger partial charge on any atom is -0.368 e. The molecular formula is C16H17F3N2. The number of benzene rings is 1. The number of hydrogen-bond donors (Lipinski definition) is 0. The minimum atomic E-state index is -4.47. The quantitative estimate of drug-likeness (QED) is 0.770. The summed E-state index contributed by atoms with van der Waals surface area (Å²) in [5.74, 6) is 0.659. The number of fused-ring (bicyclic) bond motifs is 1. The second-order valence-corrected chi connectivity index (χ2v) is 5.93. The molecule has 0 amide bonds. The SMILES string of the molecule is N#Cc1cc(N2CCC3CCCCC32)ccc1C(F)(F)F. The average molecular weight is 294 g/mol. The number of anilines is 1. The molecule has 0 spiro atoms. The minimum absolute atomic E-state index is 0.278. The maximum atomic E-state index is 12.8. The number of rotatable bonds is 1. The van der Waals surface area contributed by atoms with Gasteiger partial charge in [0.05, 0.1) is 17.2 Å². The molecule has 112 valence electrons. The Balaban J connectivity index is 1.92. The van der Waals surface area contributed by atoms with Crippen LogP contribution in [-0.2, 0) is 6.18 Å². The highest BCUT2D eigenvalue weighted by atomic mass is 19.4. The zero-order valence-corrected chi connectivity index (χ0v) is 11.7. The number of nitriles is 1. The van der Waals surface area contributed by atoms with Crippen LogP contribution in [0.2, 0.25) is 0 Å². The predicted octanol–water partition coefficient (Wildman–Crippen LogP) is 4.35. The fourth-order valence-corrected chi connectivity index (χ4v) is 3.78. The van der Waals surface area contributed by atoms with Gasteiger partial charge in [0.1, 0.15) is 0 Å². The van der Waals surface area contributed by atoms with E-state index in [1.807, 2.05) is 0 Å². The second kappa shape index (κ2) is 5.25. The normalized spacial score (nSPS) is 25.5. The van der Waals surface area contributed by atoms with Crippen molar-refractivity contribution < 1.29 is 13.2 Å². The summed E-state index contributed by atoms with van der Waals surface area (Å²) in [6.45, 7) is 0.881. The molecule has 0 N–H and O–H groups in total. The first-order valence-electron chi connectivity index (χ1n) is 7.38. The predicted molar refractivity (Wildman–Crippen MR) is 73.9 cm³/mol. The third-order valence-corrected chi connectivity index (χ3v) is 4.77. The first-order valence-corrected chi connectivity index (χ1v) is 7.38. The molecule has 1 aliphatic carbocycles. The van der Waals surface area contributed by atoms with Crippen molar-refractivity contribution in [3.05, 3.63) is 29.3 Å². The van der Waals surface area contributed by atoms with E-state index >= 15 is 0 Å². The van der Waals surface area contributed by atoms with Crippen LogP contribution in [-0.4, -0.2) is 12.6 Å². The van der Waals surface area contributed by atoms with Crippen molar-refractivity contribution in [1.29, 1.82) is 5.26 Å². The van der Waals surface area contributed by atoms with Crippen LogP contribution in [0.15, 0.2) is 18.2 Å². The molecule has 1 saturated carbocycles. The molecule has 2 unspecified atom stereocenters. The van der Waals surface area contributed by atoms with E-state index in [1.165, 1.54) is 31.4 Å². The summed E-state index contributed by atoms with van der Waals surface area (Å²) in [6.07, 6.45) is 1.39. The van der Waals surface area contributed by atoms with Crippen LogP contribution in [0.25, 0.3) is 0 Å². The third kappa shape index (κ3) is 2.59. The van der Waals surface area contributed by atoms with Gasteiger partial charge in [0.2, 0.25) is 0 Å². The van der Waals surface area contributed by atoms with Gasteiger partial charge >= 0.3 is 6.18 Å². The Hall–Kier alpha value is -1.70. The Kier molecular flexibility index (Phi) is 3.56. The van der Waals surface area contributed by atoms with Gasteiger partial charge in [-0.3, -0.25) is 0 Å². The summed E-state index contributed by atoms with van der Waals surface area (Å²) in [4.78, 5) is 2.20. The summed E-state index contributed by atoms with van der Waals surface area (Å²) in [7, 11) is 0. The fraction of sp³-hybridized carbons (Fsp3) is 0.562. The maximum Gasteiger partial charge on any atom is 0.417 e. The molecule has 2 atom stereocenters. The zero-order chi connectivity index (χ0) is 15.0. The lowest BCUT2D eigenvalue weighted by molar-refractivity contribution is -0.137. The Bertz CT molecular complexity index is 574. The molecule has 1 saturated heterocycles. The van der Waals surface area contributed by atoms with Gasteiger partial charge in [0, 0.05) is 18.3 Å². The summed E-state index contributed by atoms with van der Waals surface area (Å²) in [6, 6.07) is 6.09. The maximum absolute atomic E-state index is 12.8. The van der Waals surface area contributed by atoms with Crippen molar-refractivity contribution >= 4 is 5.69 Å². The van der Waals surface area contributed by atoms with E-state index in [-0.39, 0.29) is 5.56 Å². The van der Waals surface area contributed by atoms with Crippen molar-refractivity contribution in [3.63, 3.8) is 0 Å². The summed E-state index contributed by atoms with van der Waals surface area (Å²) in [5.41, 5.74) is -0.360. The number of nitrogens with zero attached hydrogens (tertiary/aromatic N) is 2. The van der Waals surface area contributed by atoms with E-state index in [2.05, 4.69) is 4.90 Å². The highest BCUT2D eigenvalue weighted by Crippen LogP contribution is 2.40. The molecular weight excluding hydrogens is 277 g/mol. The van der Waals surface area contributed by atoms with Crippen LogP contribution in [0.3, 0.4) is 0 Å². The number of hydrogen-bond acceptors (Lipinski definition) is 2. The summed E-state index contributed by atoms with van der Waals surface area (Å²) < 4.78 is 38.5. The van der Waals surface area contributed by atoms with Crippen molar-refractivity contribution in [1.82, 2.24) is 0 Å². The molecule has 0 radical (unpaired) electrons. The van der Waals surface area contributed by atoms with Crippen LogP contribution in [0.4, 0.5) is 18.9 Å². The molecule has 2 aliphatic rings. The van der Waals surface area contributed by atoms with Gasteiger partial charge in [-0.2, -0.15) is 18.4 Å². The molecule has 1 aliphatic heterocycles. The van der Waals surface area contributed by atoms with Gasteiger partial charge in [-0.15, -0.1) is 0 Å². The van der Waals surface area contributed by atoms with Crippen LogP contribution in [0.5, 0.6) is 0 Å². The zero-order valence-electron chi connectivity index (χ0n) is 11.7. The molecule has 2 nitrogen and oxygen atoms in total. The number of alkyl halides is 3. The highest BCUT2D eigenvalue weighted by Gasteiger charge is 2.37. The number of halogens is 3. The van der Waals surface area contributed by atoms with Crippen molar-refractivity contribution in [2.75, 3.05) is 11.4 Å². The smallest absolute Gasteiger partial charge is 0.368 e. The Morgan fingerprint density at radius 2 is 1.90 bits per heavy atom. The van der Waals surface area contributed by atoms with Gasteiger partial charge in [0.25, 0.3) is 0 Å². The van der Waals surface area contributed by atoms with E-state index in [1.54, 1.807) is 6.07 Å². The lowest BCUT2D eigenvalue weighted by Crippen LogP contribution is -2.34. The van der Waals surface area contributed by atoms with E-state index < -0.39 is 11.7 Å². The molecule has 0 bridgehead atoms. The van der Waals surface area contributed by atoms with Crippen molar-refractivity contribution in [2.45, 2.75) is 44.3 Å². The van der Waals surface area contributed by atoms with E-state index in [0.717, 1.165) is 31.1 Å². The first-order chi connectivity index (χ1) is 10.0. The average Bonchev–Trinajstić information content (AvgIpc) is 2.89. The van der Waals surface area contributed by atoms with E-state index in [4.69, 9.17) is 5.26 Å². The molecule has 2 fully saturated rings. The summed E-state index contributed by atoms with van der Waals surface area (Å²) in [5, 5.41) is 9.01. The monoisotopic (exact) mass is 294 g/mol.